The van der Waals surface area contributed by atoms with Crippen molar-refractivity contribution in [1.29, 1.82) is 0 Å². The monoisotopic (exact) mass is 258 g/mol. The van der Waals surface area contributed by atoms with Crippen LogP contribution >= 0.6 is 0 Å². The van der Waals surface area contributed by atoms with Crippen molar-refractivity contribution in [3.8, 4) is 0 Å². The molecule has 2 heterocycles. The van der Waals surface area contributed by atoms with Crippen molar-refractivity contribution in [2.45, 2.75) is 0 Å². The molecule has 0 amide bonds. The highest BCUT2D eigenvalue weighted by atomic mass is 16.6. The van der Waals surface area contributed by atoms with E-state index in [1.165, 1.54) is 30.1 Å². The smallest absolute Gasteiger partial charge is 0.287 e. The van der Waals surface area contributed by atoms with Crippen molar-refractivity contribution in [1.82, 2.24) is 14.8 Å². The van der Waals surface area contributed by atoms with E-state index >= 15 is 0 Å². The minimum absolute atomic E-state index is 0.173. The second-order valence-corrected chi connectivity index (χ2v) is 3.78. The number of aryl methyl sites for hydroxylation is 1. The molecule has 0 fully saturated rings. The van der Waals surface area contributed by atoms with Crippen LogP contribution < -0.4 is 0 Å². The Morgan fingerprint density at radius 3 is 2.95 bits per heavy atom. The molecule has 0 aromatic carbocycles. The summed E-state index contributed by atoms with van der Waals surface area (Å²) in [6.07, 6.45) is 7.17. The van der Waals surface area contributed by atoms with Gasteiger partial charge in [-0.25, -0.2) is 0 Å². The Morgan fingerprint density at radius 2 is 2.32 bits per heavy atom. The molecule has 0 saturated heterocycles. The summed E-state index contributed by atoms with van der Waals surface area (Å²) in [5.41, 5.74) is 0.255. The lowest BCUT2D eigenvalue weighted by atomic mass is 10.2. The molecule has 0 saturated carbocycles. The lowest BCUT2D eigenvalue weighted by Gasteiger charge is -1.91. The lowest BCUT2D eigenvalue weighted by Crippen LogP contribution is -2.01. The molecule has 0 unspecified atom stereocenters. The van der Waals surface area contributed by atoms with Gasteiger partial charge in [0, 0.05) is 19.4 Å². The van der Waals surface area contributed by atoms with Crippen LogP contribution in [0.4, 0.5) is 5.69 Å². The van der Waals surface area contributed by atoms with Crippen LogP contribution in [0.3, 0.4) is 0 Å². The molecule has 2 aromatic heterocycles. The number of aromatic nitrogens is 3. The van der Waals surface area contributed by atoms with Gasteiger partial charge in [0.1, 0.15) is 6.20 Å². The predicted octanol–water partition coefficient (Wildman–Crippen LogP) is 1.62. The van der Waals surface area contributed by atoms with Crippen LogP contribution in [-0.4, -0.2) is 25.5 Å². The van der Waals surface area contributed by atoms with Crippen LogP contribution in [0.25, 0.3) is 6.08 Å². The number of nitrogens with zero attached hydrogens (tertiary/aromatic N) is 4. The van der Waals surface area contributed by atoms with E-state index in [2.05, 4.69) is 10.1 Å². The number of rotatable bonds is 4. The summed E-state index contributed by atoms with van der Waals surface area (Å²) in [5.74, 6) is -0.517. The molecule has 0 aliphatic heterocycles. The third kappa shape index (κ3) is 2.89. The largest absolute Gasteiger partial charge is 0.318 e. The number of pyridine rings is 1. The van der Waals surface area contributed by atoms with Gasteiger partial charge in [0.25, 0.3) is 0 Å². The molecule has 2 rings (SSSR count). The van der Waals surface area contributed by atoms with Crippen LogP contribution in [-0.2, 0) is 7.05 Å². The first-order valence-electron chi connectivity index (χ1n) is 5.38. The number of nitro groups is 1. The number of carbonyl (C=O) groups is 1. The Morgan fingerprint density at radius 1 is 1.53 bits per heavy atom. The van der Waals surface area contributed by atoms with Crippen LogP contribution in [0.1, 0.15) is 16.1 Å². The number of carbonyl (C=O) groups excluding carboxylic acids is 1. The highest BCUT2D eigenvalue weighted by Crippen LogP contribution is 2.17. The Hall–Kier alpha value is -2.83. The molecule has 2 aromatic rings. The second-order valence-electron chi connectivity index (χ2n) is 3.78. The zero-order valence-electron chi connectivity index (χ0n) is 10.1. The van der Waals surface area contributed by atoms with Gasteiger partial charge in [-0.3, -0.25) is 24.6 Å². The fraction of sp³-hybridized carbons (Fsp3) is 0.0833. The van der Waals surface area contributed by atoms with Gasteiger partial charge in [0.15, 0.2) is 0 Å². The summed E-state index contributed by atoms with van der Waals surface area (Å²) in [7, 11) is 1.52. The Kier molecular flexibility index (Phi) is 3.46. The van der Waals surface area contributed by atoms with Crippen molar-refractivity contribution in [3.05, 3.63) is 58.2 Å². The van der Waals surface area contributed by atoms with Gasteiger partial charge in [-0.15, -0.1) is 0 Å². The molecule has 0 aliphatic carbocycles. The lowest BCUT2D eigenvalue weighted by molar-refractivity contribution is -0.385. The zero-order chi connectivity index (χ0) is 13.8. The van der Waals surface area contributed by atoms with E-state index in [1.807, 2.05) is 0 Å². The average Bonchev–Trinajstić information content (AvgIpc) is 2.79. The first-order valence-corrected chi connectivity index (χ1v) is 5.38. The molecule has 96 valence electrons. The minimum atomic E-state index is -0.627. The van der Waals surface area contributed by atoms with E-state index < -0.39 is 10.7 Å². The molecule has 0 spiro atoms. The van der Waals surface area contributed by atoms with Crippen molar-refractivity contribution in [3.63, 3.8) is 0 Å². The van der Waals surface area contributed by atoms with E-state index in [1.54, 1.807) is 24.5 Å². The SMILES string of the molecule is Cn1cc([N+](=O)[O-])c(C(=O)/C=C/c2cccnc2)n1. The fourth-order valence-electron chi connectivity index (χ4n) is 1.51. The molecule has 0 atom stereocenters. The van der Waals surface area contributed by atoms with E-state index in [0.29, 0.717) is 0 Å². The summed E-state index contributed by atoms with van der Waals surface area (Å²) in [6, 6.07) is 3.50. The summed E-state index contributed by atoms with van der Waals surface area (Å²) >= 11 is 0. The maximum Gasteiger partial charge on any atom is 0.318 e. The van der Waals surface area contributed by atoms with Gasteiger partial charge < -0.3 is 0 Å². The maximum absolute atomic E-state index is 11.9. The second kappa shape index (κ2) is 5.21. The van der Waals surface area contributed by atoms with Gasteiger partial charge >= 0.3 is 5.69 Å². The van der Waals surface area contributed by atoms with Crippen molar-refractivity contribution >= 4 is 17.5 Å². The quantitative estimate of drug-likeness (QED) is 0.359. The van der Waals surface area contributed by atoms with Crippen molar-refractivity contribution in [2.24, 2.45) is 7.05 Å². The predicted molar refractivity (Wildman–Crippen MR) is 67.5 cm³/mol. The molecule has 0 radical (unpaired) electrons. The number of hydrogen-bond acceptors (Lipinski definition) is 5. The van der Waals surface area contributed by atoms with Gasteiger partial charge in [0.05, 0.1) is 4.92 Å². The van der Waals surface area contributed by atoms with Gasteiger partial charge in [0.2, 0.25) is 11.5 Å². The third-order valence-corrected chi connectivity index (χ3v) is 2.35. The van der Waals surface area contributed by atoms with Crippen LogP contribution in [0.15, 0.2) is 36.8 Å². The molecule has 7 nitrogen and oxygen atoms in total. The normalized spacial score (nSPS) is 10.8. The number of allylic oxidation sites excluding steroid dienone is 1. The Labute approximate surface area is 108 Å². The molecule has 0 aliphatic rings. The topological polar surface area (TPSA) is 90.9 Å². The highest BCUT2D eigenvalue weighted by molar-refractivity contribution is 6.07. The zero-order valence-corrected chi connectivity index (χ0v) is 10.1. The Bertz CT molecular complexity index is 646. The summed E-state index contributed by atoms with van der Waals surface area (Å²) < 4.78 is 1.24. The fourth-order valence-corrected chi connectivity index (χ4v) is 1.51. The van der Waals surface area contributed by atoms with E-state index in [0.717, 1.165) is 5.56 Å². The summed E-state index contributed by atoms with van der Waals surface area (Å²) in [5, 5.41) is 14.6. The van der Waals surface area contributed by atoms with Gasteiger partial charge in [-0.1, -0.05) is 6.07 Å². The van der Waals surface area contributed by atoms with Gasteiger partial charge in [-0.2, -0.15) is 5.10 Å². The third-order valence-electron chi connectivity index (χ3n) is 2.35. The minimum Gasteiger partial charge on any atom is -0.287 e. The molecule has 7 heteroatoms. The Balaban J connectivity index is 2.26. The molecular weight excluding hydrogens is 248 g/mol. The molecular formula is C12H10N4O3. The standard InChI is InChI=1S/C12H10N4O3/c1-15-8-10(16(18)19)12(14-15)11(17)5-4-9-3-2-6-13-7-9/h2-8H,1H3/b5-4+. The average molecular weight is 258 g/mol. The summed E-state index contributed by atoms with van der Waals surface area (Å²) in [6.45, 7) is 0. The van der Waals surface area contributed by atoms with Crippen molar-refractivity contribution in [2.75, 3.05) is 0 Å². The molecule has 0 bridgehead atoms. The first-order chi connectivity index (χ1) is 9.08. The van der Waals surface area contributed by atoms with E-state index in [-0.39, 0.29) is 11.4 Å². The van der Waals surface area contributed by atoms with E-state index in [4.69, 9.17) is 0 Å². The van der Waals surface area contributed by atoms with Crippen LogP contribution in [0.5, 0.6) is 0 Å². The molecule has 19 heavy (non-hydrogen) atoms. The first kappa shape index (κ1) is 12.6. The summed E-state index contributed by atoms with van der Waals surface area (Å²) in [4.78, 5) is 25.9. The number of hydrogen-bond donors (Lipinski definition) is 0. The molecule has 0 N–H and O–H groups in total. The van der Waals surface area contributed by atoms with Crippen LogP contribution in [0, 0.1) is 10.1 Å². The maximum atomic E-state index is 11.9. The number of ketones is 1. The van der Waals surface area contributed by atoms with E-state index in [9.17, 15) is 14.9 Å². The van der Waals surface area contributed by atoms with Gasteiger partial charge in [-0.05, 0) is 23.8 Å². The van der Waals surface area contributed by atoms with Crippen LogP contribution in [0.2, 0.25) is 0 Å². The highest BCUT2D eigenvalue weighted by Gasteiger charge is 2.22. The van der Waals surface area contributed by atoms with Crippen molar-refractivity contribution < 1.29 is 9.72 Å².